The minimum Gasteiger partial charge on any atom is -0.507 e. The largest absolute Gasteiger partial charge is 0.507 e. The van der Waals surface area contributed by atoms with Gasteiger partial charge in [0.25, 0.3) is 11.5 Å². The number of nitrogens with zero attached hydrogens (tertiary/aromatic N) is 5. The lowest BCUT2D eigenvalue weighted by Crippen LogP contribution is -2.63. The van der Waals surface area contributed by atoms with Crippen molar-refractivity contribution in [1.29, 1.82) is 0 Å². The molecule has 1 N–H and O–H groups in total. The average molecular weight is 592 g/mol. The van der Waals surface area contributed by atoms with E-state index >= 15 is 0 Å². The van der Waals surface area contributed by atoms with E-state index in [4.69, 9.17) is 11.6 Å². The van der Waals surface area contributed by atoms with Gasteiger partial charge >= 0.3 is 0 Å². The molecule has 0 aliphatic carbocycles. The lowest BCUT2D eigenvalue weighted by Gasteiger charge is -2.47. The number of anilines is 2. The number of hydrogen-bond acceptors (Lipinski definition) is 6. The van der Waals surface area contributed by atoms with Gasteiger partial charge in [0, 0.05) is 25.5 Å². The molecule has 4 heterocycles. The summed E-state index contributed by atoms with van der Waals surface area (Å²) in [7, 11) is 1.49. The number of halogens is 3. The number of amides is 2. The van der Waals surface area contributed by atoms with E-state index in [-0.39, 0.29) is 71.4 Å². The zero-order chi connectivity index (χ0) is 29.9. The lowest BCUT2D eigenvalue weighted by atomic mass is 10.0. The first-order valence-corrected chi connectivity index (χ1v) is 13.4. The number of phenols is 1. The van der Waals surface area contributed by atoms with Crippen molar-refractivity contribution in [2.45, 2.75) is 12.6 Å². The molecule has 2 aromatic carbocycles. The van der Waals surface area contributed by atoms with Gasteiger partial charge in [-0.3, -0.25) is 19.0 Å². The highest BCUT2D eigenvalue weighted by molar-refractivity contribution is 6.34. The van der Waals surface area contributed by atoms with E-state index in [0.29, 0.717) is 16.6 Å². The third-order valence-corrected chi connectivity index (χ3v) is 8.01. The van der Waals surface area contributed by atoms with Crippen molar-refractivity contribution in [2.75, 3.05) is 36.5 Å². The lowest BCUT2D eigenvalue weighted by molar-refractivity contribution is -0.128. The SMILES string of the molecule is C=CC(=O)N1CCN2c3c(c(=O)n(Cc4ccc(F)cc4)c4nc(-c5c(O)cccc5F)c(Cl)cc34)N(C)C(=O)[C@H]2C1. The van der Waals surface area contributed by atoms with Crippen molar-refractivity contribution in [3.63, 3.8) is 0 Å². The van der Waals surface area contributed by atoms with Crippen LogP contribution in [0.5, 0.6) is 5.75 Å². The van der Waals surface area contributed by atoms with E-state index in [0.717, 1.165) is 6.07 Å². The van der Waals surface area contributed by atoms with Crippen molar-refractivity contribution < 1.29 is 23.5 Å². The molecule has 9 nitrogen and oxygen atoms in total. The molecule has 0 radical (unpaired) electrons. The van der Waals surface area contributed by atoms with Crippen LogP contribution in [0.4, 0.5) is 20.2 Å². The van der Waals surface area contributed by atoms with Crippen LogP contribution in [0, 0.1) is 11.6 Å². The molecule has 2 aliphatic heterocycles. The molecule has 4 aromatic rings. The Morgan fingerprint density at radius 1 is 1.14 bits per heavy atom. The Hall–Kier alpha value is -4.77. The summed E-state index contributed by atoms with van der Waals surface area (Å²) >= 11 is 6.69. The van der Waals surface area contributed by atoms with Crippen LogP contribution in [0.15, 0.2) is 66.0 Å². The van der Waals surface area contributed by atoms with E-state index in [9.17, 15) is 28.3 Å². The maximum absolute atomic E-state index is 14.9. The molecule has 0 bridgehead atoms. The standard InChI is InChI=1S/C30H24ClF2N5O4/c1-3-23(40)36-11-12-37-21(15-36)29(41)35(2)27-26(37)18-13-19(31)25(24-20(33)5-4-6-22(24)39)34-28(18)38(30(27)42)14-16-7-9-17(32)10-8-16/h3-10,13,21,39H,1,11-12,14-15H2,2H3/t21-/m1/s1. The van der Waals surface area contributed by atoms with Gasteiger partial charge in [0.15, 0.2) is 0 Å². The fraction of sp³-hybridized carbons (Fsp3) is 0.200. The molecule has 1 atom stereocenters. The minimum absolute atomic E-state index is 0.00801. The molecular weight excluding hydrogens is 568 g/mol. The van der Waals surface area contributed by atoms with E-state index in [1.165, 1.54) is 70.0 Å². The number of aromatic hydroxyl groups is 1. The number of pyridine rings is 2. The van der Waals surface area contributed by atoms with E-state index in [1.807, 2.05) is 0 Å². The number of aromatic nitrogens is 2. The Kier molecular flexibility index (Phi) is 6.69. The number of likely N-dealkylation sites (N-methyl/N-ethyl adjacent to an activating group) is 1. The number of carbonyl (C=O) groups excluding carboxylic acids is 2. The van der Waals surface area contributed by atoms with Gasteiger partial charge in [-0.1, -0.05) is 36.4 Å². The molecule has 1 saturated heterocycles. The normalized spacial score (nSPS) is 16.4. The van der Waals surface area contributed by atoms with Gasteiger partial charge in [0.1, 0.15) is 34.8 Å². The number of piperazine rings is 1. The molecule has 0 unspecified atom stereocenters. The van der Waals surface area contributed by atoms with Crippen LogP contribution in [0.1, 0.15) is 5.56 Å². The molecule has 214 valence electrons. The van der Waals surface area contributed by atoms with Gasteiger partial charge in [-0.05, 0) is 42.0 Å². The van der Waals surface area contributed by atoms with Gasteiger partial charge in [-0.15, -0.1) is 0 Å². The van der Waals surface area contributed by atoms with Crippen LogP contribution in [0.25, 0.3) is 22.3 Å². The van der Waals surface area contributed by atoms with Gasteiger partial charge in [0.2, 0.25) is 5.91 Å². The Morgan fingerprint density at radius 2 is 1.88 bits per heavy atom. The van der Waals surface area contributed by atoms with Crippen molar-refractivity contribution in [3.05, 3.63) is 93.8 Å². The van der Waals surface area contributed by atoms with Crippen molar-refractivity contribution >= 4 is 45.8 Å². The Bertz CT molecular complexity index is 1840. The second-order valence-corrected chi connectivity index (χ2v) is 10.5. The molecule has 42 heavy (non-hydrogen) atoms. The number of rotatable bonds is 4. The number of phenolic OH excluding ortho intramolecular Hbond substituents is 1. The fourth-order valence-corrected chi connectivity index (χ4v) is 5.92. The van der Waals surface area contributed by atoms with Crippen molar-refractivity contribution in [3.8, 4) is 17.0 Å². The highest BCUT2D eigenvalue weighted by Gasteiger charge is 2.44. The van der Waals surface area contributed by atoms with Crippen LogP contribution in [0.2, 0.25) is 5.02 Å². The van der Waals surface area contributed by atoms with Gasteiger partial charge in [0.05, 0.1) is 35.1 Å². The summed E-state index contributed by atoms with van der Waals surface area (Å²) in [6.07, 6.45) is 1.19. The quantitative estimate of drug-likeness (QED) is 0.361. The molecule has 1 fully saturated rings. The van der Waals surface area contributed by atoms with E-state index < -0.39 is 23.2 Å². The number of benzene rings is 2. The summed E-state index contributed by atoms with van der Waals surface area (Å²) in [5, 5.41) is 10.9. The van der Waals surface area contributed by atoms with Gasteiger partial charge in [-0.2, -0.15) is 0 Å². The summed E-state index contributed by atoms with van der Waals surface area (Å²) in [6.45, 7) is 4.08. The number of carbonyl (C=O) groups is 2. The third kappa shape index (κ3) is 4.28. The molecule has 2 amide bonds. The Morgan fingerprint density at radius 3 is 2.57 bits per heavy atom. The van der Waals surface area contributed by atoms with Gasteiger partial charge < -0.3 is 19.8 Å². The number of hydrogen-bond donors (Lipinski definition) is 1. The topological polar surface area (TPSA) is 99.0 Å². The predicted molar refractivity (Wildman–Crippen MR) is 155 cm³/mol. The average Bonchev–Trinajstić information content (AvgIpc) is 2.98. The fourth-order valence-electron chi connectivity index (χ4n) is 5.67. The van der Waals surface area contributed by atoms with Crippen molar-refractivity contribution in [2.24, 2.45) is 0 Å². The zero-order valence-corrected chi connectivity index (χ0v) is 23.1. The Labute approximate surface area is 243 Å². The smallest absolute Gasteiger partial charge is 0.278 e. The second-order valence-electron chi connectivity index (χ2n) is 10.1. The molecule has 2 aromatic heterocycles. The molecule has 6 rings (SSSR count). The zero-order valence-electron chi connectivity index (χ0n) is 22.4. The highest BCUT2D eigenvalue weighted by atomic mass is 35.5. The molecule has 2 aliphatic rings. The minimum atomic E-state index is -0.787. The van der Waals surface area contributed by atoms with Crippen LogP contribution in [0.3, 0.4) is 0 Å². The highest BCUT2D eigenvalue weighted by Crippen LogP contribution is 2.43. The summed E-state index contributed by atoms with van der Waals surface area (Å²) in [5.41, 5.74) is 0.326. The van der Waals surface area contributed by atoms with Gasteiger partial charge in [-0.25, -0.2) is 13.8 Å². The maximum Gasteiger partial charge on any atom is 0.278 e. The molecule has 12 heteroatoms. The first-order chi connectivity index (χ1) is 20.1. The monoisotopic (exact) mass is 591 g/mol. The van der Waals surface area contributed by atoms with E-state index in [2.05, 4.69) is 11.6 Å². The van der Waals surface area contributed by atoms with Crippen LogP contribution < -0.4 is 15.4 Å². The third-order valence-electron chi connectivity index (χ3n) is 7.73. The Balaban J connectivity index is 1.64. The maximum atomic E-state index is 14.9. The summed E-state index contributed by atoms with van der Waals surface area (Å²) in [5.74, 6) is -2.28. The molecular formula is C30H24ClF2N5O4. The number of fused-ring (bicyclic) bond motifs is 5. The second kappa shape index (κ2) is 10.3. The summed E-state index contributed by atoms with van der Waals surface area (Å²) in [6, 6.07) is 10.1. The predicted octanol–water partition coefficient (Wildman–Crippen LogP) is 3.93. The van der Waals surface area contributed by atoms with Crippen LogP contribution in [-0.2, 0) is 16.1 Å². The van der Waals surface area contributed by atoms with E-state index in [1.54, 1.807) is 4.90 Å². The summed E-state index contributed by atoms with van der Waals surface area (Å²) < 4.78 is 29.9. The first kappa shape index (κ1) is 27.4. The van der Waals surface area contributed by atoms with Crippen molar-refractivity contribution in [1.82, 2.24) is 14.5 Å². The summed E-state index contributed by atoms with van der Waals surface area (Å²) in [4.78, 5) is 49.3. The molecule has 0 spiro atoms. The molecule has 0 saturated carbocycles. The van der Waals surface area contributed by atoms with Crippen LogP contribution >= 0.6 is 11.6 Å². The van der Waals surface area contributed by atoms with Crippen LogP contribution in [-0.4, -0.2) is 64.1 Å². The first-order valence-electron chi connectivity index (χ1n) is 13.1.